The average Bonchev–Trinajstić information content (AvgIpc) is 2.38. The number of anilines is 2. The SMILES string of the molecule is CCCOc1cc(NC(C)C(=O)OC)ccc1N. The third-order valence-electron chi connectivity index (χ3n) is 2.41. The molecule has 0 aliphatic heterocycles. The van der Waals surface area contributed by atoms with Gasteiger partial charge in [-0.25, -0.2) is 4.79 Å². The van der Waals surface area contributed by atoms with Crippen molar-refractivity contribution < 1.29 is 14.3 Å². The molecule has 1 atom stereocenters. The van der Waals surface area contributed by atoms with E-state index in [1.54, 1.807) is 25.1 Å². The van der Waals surface area contributed by atoms with E-state index >= 15 is 0 Å². The summed E-state index contributed by atoms with van der Waals surface area (Å²) in [5.41, 5.74) is 7.16. The monoisotopic (exact) mass is 252 g/mol. The maximum absolute atomic E-state index is 11.3. The van der Waals surface area contributed by atoms with Crippen molar-refractivity contribution in [1.29, 1.82) is 0 Å². The van der Waals surface area contributed by atoms with E-state index in [2.05, 4.69) is 10.1 Å². The van der Waals surface area contributed by atoms with Gasteiger partial charge in [-0.15, -0.1) is 0 Å². The Morgan fingerprint density at radius 3 is 2.83 bits per heavy atom. The zero-order valence-corrected chi connectivity index (χ0v) is 11.0. The first-order valence-corrected chi connectivity index (χ1v) is 5.95. The predicted octanol–water partition coefficient (Wildman–Crippen LogP) is 2.03. The van der Waals surface area contributed by atoms with Crippen LogP contribution in [0.3, 0.4) is 0 Å². The highest BCUT2D eigenvalue weighted by atomic mass is 16.5. The second-order valence-electron chi connectivity index (χ2n) is 3.99. The minimum absolute atomic E-state index is 0.317. The van der Waals surface area contributed by atoms with Gasteiger partial charge >= 0.3 is 5.97 Å². The van der Waals surface area contributed by atoms with Gasteiger partial charge in [0.05, 0.1) is 19.4 Å². The van der Waals surface area contributed by atoms with E-state index in [0.717, 1.165) is 12.1 Å². The third-order valence-corrected chi connectivity index (χ3v) is 2.41. The number of ether oxygens (including phenoxy) is 2. The van der Waals surface area contributed by atoms with Crippen LogP contribution < -0.4 is 15.8 Å². The fourth-order valence-electron chi connectivity index (χ4n) is 1.45. The number of hydrogen-bond acceptors (Lipinski definition) is 5. The molecule has 1 aromatic rings. The molecule has 0 spiro atoms. The summed E-state index contributed by atoms with van der Waals surface area (Å²) in [6, 6.07) is 4.91. The molecule has 1 unspecified atom stereocenters. The number of benzene rings is 1. The molecule has 0 heterocycles. The molecule has 100 valence electrons. The van der Waals surface area contributed by atoms with Crippen molar-refractivity contribution in [3.8, 4) is 5.75 Å². The molecule has 0 aliphatic carbocycles. The van der Waals surface area contributed by atoms with Crippen LogP contribution in [0.15, 0.2) is 18.2 Å². The molecule has 5 heteroatoms. The topological polar surface area (TPSA) is 73.6 Å². The zero-order chi connectivity index (χ0) is 13.5. The van der Waals surface area contributed by atoms with E-state index in [1.807, 2.05) is 6.92 Å². The Morgan fingerprint density at radius 2 is 2.22 bits per heavy atom. The van der Waals surface area contributed by atoms with Crippen molar-refractivity contribution in [1.82, 2.24) is 0 Å². The van der Waals surface area contributed by atoms with Crippen LogP contribution in [0, 0.1) is 0 Å². The van der Waals surface area contributed by atoms with Gasteiger partial charge in [-0.2, -0.15) is 0 Å². The highest BCUT2D eigenvalue weighted by Gasteiger charge is 2.13. The summed E-state index contributed by atoms with van der Waals surface area (Å²) in [6.07, 6.45) is 0.912. The van der Waals surface area contributed by atoms with E-state index in [4.69, 9.17) is 10.5 Å². The van der Waals surface area contributed by atoms with Gasteiger partial charge in [0.2, 0.25) is 0 Å². The number of rotatable bonds is 6. The van der Waals surface area contributed by atoms with Crippen LogP contribution >= 0.6 is 0 Å². The average molecular weight is 252 g/mol. The molecule has 0 bridgehead atoms. The number of carbonyl (C=O) groups is 1. The maximum atomic E-state index is 11.3. The van der Waals surface area contributed by atoms with Crippen LogP contribution in [0.2, 0.25) is 0 Å². The van der Waals surface area contributed by atoms with Gasteiger partial charge in [-0.3, -0.25) is 0 Å². The highest BCUT2D eigenvalue weighted by molar-refractivity contribution is 5.79. The molecule has 1 rings (SSSR count). The molecule has 0 saturated carbocycles. The van der Waals surface area contributed by atoms with Crippen molar-refractivity contribution in [3.05, 3.63) is 18.2 Å². The Labute approximate surface area is 107 Å². The van der Waals surface area contributed by atoms with Crippen molar-refractivity contribution in [2.24, 2.45) is 0 Å². The molecule has 0 radical (unpaired) electrons. The number of nitrogen functional groups attached to an aromatic ring is 1. The number of carbonyl (C=O) groups excluding carboxylic acids is 1. The Hall–Kier alpha value is -1.91. The van der Waals surface area contributed by atoms with Crippen LogP contribution in [-0.2, 0) is 9.53 Å². The summed E-state index contributed by atoms with van der Waals surface area (Å²) in [5, 5.41) is 3.03. The lowest BCUT2D eigenvalue weighted by Crippen LogP contribution is -2.27. The van der Waals surface area contributed by atoms with E-state index in [-0.39, 0.29) is 5.97 Å². The second kappa shape index (κ2) is 6.74. The summed E-state index contributed by atoms with van der Waals surface area (Å²) in [4.78, 5) is 11.3. The van der Waals surface area contributed by atoms with E-state index in [1.165, 1.54) is 7.11 Å². The van der Waals surface area contributed by atoms with Gasteiger partial charge in [0.15, 0.2) is 0 Å². The number of hydrogen-bond donors (Lipinski definition) is 2. The Bertz CT molecular complexity index is 407. The van der Waals surface area contributed by atoms with Gasteiger partial charge in [-0.1, -0.05) is 6.92 Å². The number of nitrogens with two attached hydrogens (primary N) is 1. The molecule has 5 nitrogen and oxygen atoms in total. The van der Waals surface area contributed by atoms with Gasteiger partial charge < -0.3 is 20.5 Å². The summed E-state index contributed by atoms with van der Waals surface area (Å²) < 4.78 is 10.2. The van der Waals surface area contributed by atoms with Crippen LogP contribution in [0.25, 0.3) is 0 Å². The number of methoxy groups -OCH3 is 1. The molecule has 0 saturated heterocycles. The highest BCUT2D eigenvalue weighted by Crippen LogP contribution is 2.26. The molecule has 0 aliphatic rings. The Kier molecular flexibility index (Phi) is 5.30. The Balaban J connectivity index is 2.75. The summed E-state index contributed by atoms with van der Waals surface area (Å²) >= 11 is 0. The summed E-state index contributed by atoms with van der Waals surface area (Å²) in [5.74, 6) is 0.307. The third kappa shape index (κ3) is 3.84. The first-order chi connectivity index (χ1) is 8.58. The van der Waals surface area contributed by atoms with Gasteiger partial charge in [-0.05, 0) is 25.5 Å². The molecule has 0 aromatic heterocycles. The normalized spacial score (nSPS) is 11.7. The van der Waals surface area contributed by atoms with Gasteiger partial charge in [0.1, 0.15) is 11.8 Å². The number of nitrogens with one attached hydrogen (secondary N) is 1. The molecule has 1 aromatic carbocycles. The van der Waals surface area contributed by atoms with Gasteiger partial charge in [0.25, 0.3) is 0 Å². The summed E-state index contributed by atoms with van der Waals surface area (Å²) in [6.45, 7) is 4.37. The van der Waals surface area contributed by atoms with E-state index in [0.29, 0.717) is 18.0 Å². The largest absolute Gasteiger partial charge is 0.491 e. The van der Waals surface area contributed by atoms with E-state index < -0.39 is 6.04 Å². The van der Waals surface area contributed by atoms with Gasteiger partial charge in [0, 0.05) is 11.8 Å². The van der Waals surface area contributed by atoms with Crippen molar-refractivity contribution in [2.45, 2.75) is 26.3 Å². The quantitative estimate of drug-likeness (QED) is 0.598. The fraction of sp³-hybridized carbons (Fsp3) is 0.462. The smallest absolute Gasteiger partial charge is 0.327 e. The molecule has 18 heavy (non-hydrogen) atoms. The molecular formula is C13H20N2O3. The van der Waals surface area contributed by atoms with Crippen LogP contribution in [-0.4, -0.2) is 25.7 Å². The minimum atomic E-state index is -0.419. The van der Waals surface area contributed by atoms with Crippen LogP contribution in [0.1, 0.15) is 20.3 Å². The van der Waals surface area contributed by atoms with Crippen LogP contribution in [0.5, 0.6) is 5.75 Å². The predicted molar refractivity (Wildman–Crippen MR) is 71.7 cm³/mol. The lowest BCUT2D eigenvalue weighted by atomic mass is 10.2. The van der Waals surface area contributed by atoms with E-state index in [9.17, 15) is 4.79 Å². The molecule has 0 amide bonds. The first kappa shape index (κ1) is 14.2. The van der Waals surface area contributed by atoms with Crippen LogP contribution in [0.4, 0.5) is 11.4 Å². The minimum Gasteiger partial charge on any atom is -0.491 e. The van der Waals surface area contributed by atoms with Crippen molar-refractivity contribution >= 4 is 17.3 Å². The first-order valence-electron chi connectivity index (χ1n) is 5.95. The summed E-state index contributed by atoms with van der Waals surface area (Å²) in [7, 11) is 1.36. The molecule has 0 fully saturated rings. The van der Waals surface area contributed by atoms with Crippen molar-refractivity contribution in [3.63, 3.8) is 0 Å². The molecule has 3 N–H and O–H groups in total. The van der Waals surface area contributed by atoms with Crippen molar-refractivity contribution in [2.75, 3.05) is 24.8 Å². The molecular weight excluding hydrogens is 232 g/mol. The second-order valence-corrected chi connectivity index (χ2v) is 3.99. The standard InChI is InChI=1S/C13H20N2O3/c1-4-7-18-12-8-10(5-6-11(12)14)15-9(2)13(16)17-3/h5-6,8-9,15H,4,7,14H2,1-3H3. The lowest BCUT2D eigenvalue weighted by molar-refractivity contribution is -0.141. The maximum Gasteiger partial charge on any atom is 0.327 e. The zero-order valence-electron chi connectivity index (χ0n) is 11.0. The fourth-order valence-corrected chi connectivity index (χ4v) is 1.45. The Morgan fingerprint density at radius 1 is 1.50 bits per heavy atom. The number of esters is 1. The lowest BCUT2D eigenvalue weighted by Gasteiger charge is -2.15.